The fourth-order valence-electron chi connectivity index (χ4n) is 2.02. The Morgan fingerprint density at radius 3 is 2.22 bits per heavy atom. The van der Waals surface area contributed by atoms with Crippen molar-refractivity contribution >= 4 is 11.6 Å². The van der Waals surface area contributed by atoms with Crippen LogP contribution in [-0.4, -0.2) is 47.6 Å². The van der Waals surface area contributed by atoms with Crippen LogP contribution in [-0.2, 0) is 0 Å². The maximum Gasteiger partial charge on any atom is 0.171 e. The monoisotopic (exact) mass is 251 g/mol. The van der Waals surface area contributed by atoms with Gasteiger partial charge in [0.2, 0.25) is 0 Å². The quantitative estimate of drug-likeness (QED) is 0.761. The van der Waals surface area contributed by atoms with E-state index in [4.69, 9.17) is 5.73 Å². The first-order valence-electron chi connectivity index (χ1n) is 6.76. The van der Waals surface area contributed by atoms with Gasteiger partial charge in [-0.15, -0.1) is 0 Å². The maximum absolute atomic E-state index is 5.86. The lowest BCUT2D eigenvalue weighted by Crippen LogP contribution is -2.31. The van der Waals surface area contributed by atoms with Gasteiger partial charge in [0.1, 0.15) is 0 Å². The second kappa shape index (κ2) is 7.87. The fourth-order valence-corrected chi connectivity index (χ4v) is 2.02. The summed E-state index contributed by atoms with van der Waals surface area (Å²) < 4.78 is 0. The predicted octanol–water partition coefficient (Wildman–Crippen LogP) is 1.62. The van der Waals surface area contributed by atoms with E-state index in [0.717, 1.165) is 45.0 Å². The highest BCUT2D eigenvalue weighted by Gasteiger charge is 2.10. The van der Waals surface area contributed by atoms with Gasteiger partial charge in [-0.1, -0.05) is 13.8 Å². The standard InChI is InChI=1S/C13H25N5/c1-4-17(5-2)10-7-11-18(6-3)13-12(14)15-8-9-16-13/h8-9H,4-7,10-11H2,1-3H3,(H2,14,15). The van der Waals surface area contributed by atoms with E-state index in [1.54, 1.807) is 12.4 Å². The van der Waals surface area contributed by atoms with Gasteiger partial charge in [0.25, 0.3) is 0 Å². The first-order valence-corrected chi connectivity index (χ1v) is 6.76. The molecule has 0 fully saturated rings. The molecule has 102 valence electrons. The normalized spacial score (nSPS) is 10.9. The van der Waals surface area contributed by atoms with E-state index in [0.29, 0.717) is 5.82 Å². The van der Waals surface area contributed by atoms with Crippen LogP contribution in [0.15, 0.2) is 12.4 Å². The van der Waals surface area contributed by atoms with Crippen LogP contribution >= 0.6 is 0 Å². The summed E-state index contributed by atoms with van der Waals surface area (Å²) in [6.45, 7) is 11.7. The van der Waals surface area contributed by atoms with E-state index < -0.39 is 0 Å². The number of hydrogen-bond acceptors (Lipinski definition) is 5. The smallest absolute Gasteiger partial charge is 0.171 e. The summed E-state index contributed by atoms with van der Waals surface area (Å²) in [4.78, 5) is 13.0. The number of hydrogen-bond donors (Lipinski definition) is 1. The van der Waals surface area contributed by atoms with Crippen LogP contribution in [0.1, 0.15) is 27.2 Å². The van der Waals surface area contributed by atoms with Crippen LogP contribution in [0.5, 0.6) is 0 Å². The maximum atomic E-state index is 5.86. The largest absolute Gasteiger partial charge is 0.381 e. The van der Waals surface area contributed by atoms with Crippen LogP contribution in [0, 0.1) is 0 Å². The van der Waals surface area contributed by atoms with Crippen LogP contribution in [0.4, 0.5) is 11.6 Å². The Hall–Kier alpha value is -1.36. The van der Waals surface area contributed by atoms with Crippen LogP contribution in [0.2, 0.25) is 0 Å². The lowest BCUT2D eigenvalue weighted by Gasteiger charge is -2.24. The molecule has 5 heteroatoms. The summed E-state index contributed by atoms with van der Waals surface area (Å²) in [5.41, 5.74) is 5.86. The van der Waals surface area contributed by atoms with Crippen molar-refractivity contribution in [2.75, 3.05) is 43.4 Å². The molecule has 0 aliphatic rings. The van der Waals surface area contributed by atoms with Crippen LogP contribution < -0.4 is 10.6 Å². The molecule has 1 rings (SSSR count). The van der Waals surface area contributed by atoms with Gasteiger partial charge in [-0.3, -0.25) is 0 Å². The summed E-state index contributed by atoms with van der Waals surface area (Å²) in [6, 6.07) is 0. The van der Waals surface area contributed by atoms with Crippen molar-refractivity contribution in [2.24, 2.45) is 0 Å². The van der Waals surface area contributed by atoms with Gasteiger partial charge in [0.05, 0.1) is 0 Å². The van der Waals surface area contributed by atoms with E-state index in [-0.39, 0.29) is 0 Å². The first-order chi connectivity index (χ1) is 8.72. The number of nitrogens with zero attached hydrogens (tertiary/aromatic N) is 4. The molecule has 18 heavy (non-hydrogen) atoms. The molecule has 0 unspecified atom stereocenters. The molecular formula is C13H25N5. The Morgan fingerprint density at radius 2 is 1.67 bits per heavy atom. The fraction of sp³-hybridized carbons (Fsp3) is 0.692. The van der Waals surface area contributed by atoms with E-state index >= 15 is 0 Å². The molecular weight excluding hydrogens is 226 g/mol. The van der Waals surface area contributed by atoms with Crippen molar-refractivity contribution in [3.05, 3.63) is 12.4 Å². The molecule has 0 saturated heterocycles. The van der Waals surface area contributed by atoms with Crippen LogP contribution in [0.25, 0.3) is 0 Å². The van der Waals surface area contributed by atoms with Gasteiger partial charge in [-0.2, -0.15) is 0 Å². The van der Waals surface area contributed by atoms with E-state index in [9.17, 15) is 0 Å². The topological polar surface area (TPSA) is 58.3 Å². The molecule has 0 aliphatic carbocycles. The zero-order chi connectivity index (χ0) is 13.4. The van der Waals surface area contributed by atoms with Gasteiger partial charge in [-0.05, 0) is 33.0 Å². The lowest BCUT2D eigenvalue weighted by molar-refractivity contribution is 0.300. The van der Waals surface area contributed by atoms with Gasteiger partial charge >= 0.3 is 0 Å². The average Bonchev–Trinajstić information content (AvgIpc) is 2.40. The van der Waals surface area contributed by atoms with Crippen molar-refractivity contribution in [2.45, 2.75) is 27.2 Å². The molecule has 1 heterocycles. The van der Waals surface area contributed by atoms with Crippen molar-refractivity contribution in [1.29, 1.82) is 0 Å². The number of aromatic nitrogens is 2. The zero-order valence-electron chi connectivity index (χ0n) is 11.8. The molecule has 0 aliphatic heterocycles. The second-order valence-electron chi connectivity index (χ2n) is 4.23. The number of nitrogens with two attached hydrogens (primary N) is 1. The van der Waals surface area contributed by atoms with E-state index in [1.807, 2.05) is 0 Å². The van der Waals surface area contributed by atoms with Gasteiger partial charge in [0, 0.05) is 25.5 Å². The molecule has 0 spiro atoms. The van der Waals surface area contributed by atoms with Gasteiger partial charge in [-0.25, -0.2) is 9.97 Å². The van der Waals surface area contributed by atoms with Crippen molar-refractivity contribution in [1.82, 2.24) is 14.9 Å². The molecule has 0 bridgehead atoms. The molecule has 0 aromatic carbocycles. The second-order valence-corrected chi connectivity index (χ2v) is 4.23. The van der Waals surface area contributed by atoms with Crippen molar-refractivity contribution in [3.63, 3.8) is 0 Å². The third kappa shape index (κ3) is 4.14. The molecule has 1 aromatic rings. The van der Waals surface area contributed by atoms with Crippen molar-refractivity contribution in [3.8, 4) is 0 Å². The molecule has 1 aromatic heterocycles. The Kier molecular flexibility index (Phi) is 6.43. The minimum Gasteiger partial charge on any atom is -0.381 e. The number of anilines is 2. The zero-order valence-corrected chi connectivity index (χ0v) is 11.8. The third-order valence-electron chi connectivity index (χ3n) is 3.18. The minimum absolute atomic E-state index is 0.516. The van der Waals surface area contributed by atoms with Crippen LogP contribution in [0.3, 0.4) is 0 Å². The van der Waals surface area contributed by atoms with E-state index in [2.05, 4.69) is 40.5 Å². The highest BCUT2D eigenvalue weighted by molar-refractivity contribution is 5.56. The number of nitrogen functional groups attached to an aromatic ring is 1. The Bertz CT molecular complexity index is 338. The molecule has 5 nitrogen and oxygen atoms in total. The molecule has 2 N–H and O–H groups in total. The Labute approximate surface area is 110 Å². The Morgan fingerprint density at radius 1 is 1.00 bits per heavy atom. The summed E-state index contributed by atoms with van der Waals surface area (Å²) in [6.07, 6.45) is 4.44. The highest BCUT2D eigenvalue weighted by atomic mass is 15.2. The SMILES string of the molecule is CCN(CC)CCCN(CC)c1nccnc1N. The average molecular weight is 251 g/mol. The van der Waals surface area contributed by atoms with Gasteiger partial charge in [0.15, 0.2) is 11.6 Å². The van der Waals surface area contributed by atoms with Crippen molar-refractivity contribution < 1.29 is 0 Å². The predicted molar refractivity (Wildman–Crippen MR) is 76.7 cm³/mol. The summed E-state index contributed by atoms with van der Waals surface area (Å²) in [5, 5.41) is 0. The van der Waals surface area contributed by atoms with E-state index in [1.165, 1.54) is 0 Å². The van der Waals surface area contributed by atoms with Gasteiger partial charge < -0.3 is 15.5 Å². The summed E-state index contributed by atoms with van der Waals surface area (Å²) >= 11 is 0. The highest BCUT2D eigenvalue weighted by Crippen LogP contribution is 2.16. The molecule has 0 atom stereocenters. The third-order valence-corrected chi connectivity index (χ3v) is 3.18. The number of rotatable bonds is 8. The summed E-state index contributed by atoms with van der Waals surface area (Å²) in [7, 11) is 0. The molecule has 0 radical (unpaired) electrons. The summed E-state index contributed by atoms with van der Waals surface area (Å²) in [5.74, 6) is 1.32. The Balaban J connectivity index is 2.50. The minimum atomic E-state index is 0.516. The first kappa shape index (κ1) is 14.7. The molecule has 0 amide bonds. The lowest BCUT2D eigenvalue weighted by atomic mass is 10.3. The molecule has 0 saturated carbocycles.